The maximum absolute atomic E-state index is 12.6. The molecule has 0 spiro atoms. The average molecular weight is 396 g/mol. The molecule has 0 fully saturated rings. The third-order valence-corrected chi connectivity index (χ3v) is 5.21. The molecule has 0 bridgehead atoms. The smallest absolute Gasteiger partial charge is 0.277 e. The zero-order valence-corrected chi connectivity index (χ0v) is 17.4. The van der Waals surface area contributed by atoms with Gasteiger partial charge in [0.1, 0.15) is 0 Å². The van der Waals surface area contributed by atoms with Crippen LogP contribution in [0, 0.1) is 0 Å². The van der Waals surface area contributed by atoms with E-state index in [1.54, 1.807) is 0 Å². The molecule has 1 N–H and O–H groups in total. The van der Waals surface area contributed by atoms with Crippen LogP contribution in [0.3, 0.4) is 0 Å². The molecule has 1 aromatic heterocycles. The van der Waals surface area contributed by atoms with Crippen LogP contribution in [0.4, 0.5) is 5.69 Å². The molecule has 6 heteroatoms. The van der Waals surface area contributed by atoms with E-state index in [1.165, 1.54) is 11.8 Å². The van der Waals surface area contributed by atoms with Crippen molar-refractivity contribution in [1.29, 1.82) is 0 Å². The van der Waals surface area contributed by atoms with Crippen molar-refractivity contribution in [2.24, 2.45) is 0 Å². The number of anilines is 1. The summed E-state index contributed by atoms with van der Waals surface area (Å²) in [4.78, 5) is 12.6. The minimum Gasteiger partial charge on any atom is -0.411 e. The number of benzene rings is 2. The molecular weight excluding hydrogens is 370 g/mol. The zero-order valence-electron chi connectivity index (χ0n) is 16.6. The molecule has 2 aromatic carbocycles. The van der Waals surface area contributed by atoms with Gasteiger partial charge in [0.2, 0.25) is 11.8 Å². The Balaban J connectivity index is 1.68. The first-order valence-corrected chi connectivity index (χ1v) is 10.4. The molecular formula is C22H25N3O2S. The van der Waals surface area contributed by atoms with E-state index in [4.69, 9.17) is 4.42 Å². The number of carbonyl (C=O) groups is 1. The summed E-state index contributed by atoms with van der Waals surface area (Å²) in [5, 5.41) is 11.6. The quantitative estimate of drug-likeness (QED) is 0.519. The van der Waals surface area contributed by atoms with Crippen molar-refractivity contribution >= 4 is 23.4 Å². The number of amides is 1. The second kappa shape index (κ2) is 9.06. The first-order chi connectivity index (χ1) is 13.5. The van der Waals surface area contributed by atoms with Crippen LogP contribution in [-0.2, 0) is 4.79 Å². The van der Waals surface area contributed by atoms with E-state index in [2.05, 4.69) is 61.4 Å². The van der Waals surface area contributed by atoms with Crippen LogP contribution in [0.5, 0.6) is 0 Å². The van der Waals surface area contributed by atoms with Gasteiger partial charge < -0.3 is 9.73 Å². The predicted molar refractivity (Wildman–Crippen MR) is 114 cm³/mol. The summed E-state index contributed by atoms with van der Waals surface area (Å²) in [6.45, 7) is 8.53. The lowest BCUT2D eigenvalue weighted by Gasteiger charge is -2.20. The molecule has 28 heavy (non-hydrogen) atoms. The third-order valence-electron chi connectivity index (χ3n) is 4.39. The van der Waals surface area contributed by atoms with Crippen molar-refractivity contribution in [2.45, 2.75) is 44.8 Å². The van der Waals surface area contributed by atoms with Gasteiger partial charge in [0.25, 0.3) is 5.22 Å². The molecule has 0 aliphatic carbocycles. The first-order valence-electron chi connectivity index (χ1n) is 9.40. The lowest BCUT2D eigenvalue weighted by molar-refractivity contribution is -0.113. The van der Waals surface area contributed by atoms with Gasteiger partial charge in [-0.15, -0.1) is 10.2 Å². The van der Waals surface area contributed by atoms with Crippen LogP contribution >= 0.6 is 11.8 Å². The molecule has 0 saturated carbocycles. The van der Waals surface area contributed by atoms with Gasteiger partial charge in [-0.2, -0.15) is 0 Å². The molecule has 146 valence electrons. The molecule has 0 aliphatic rings. The van der Waals surface area contributed by atoms with E-state index in [0.29, 0.717) is 22.9 Å². The summed E-state index contributed by atoms with van der Waals surface area (Å²) in [5.74, 6) is 1.23. The van der Waals surface area contributed by atoms with Gasteiger partial charge in [-0.05, 0) is 35.1 Å². The Morgan fingerprint density at radius 3 is 2.21 bits per heavy atom. The molecule has 0 radical (unpaired) electrons. The summed E-state index contributed by atoms with van der Waals surface area (Å²) in [6, 6.07) is 15.8. The zero-order chi connectivity index (χ0) is 20.1. The van der Waals surface area contributed by atoms with Crippen molar-refractivity contribution in [2.75, 3.05) is 11.1 Å². The highest BCUT2D eigenvalue weighted by molar-refractivity contribution is 7.99. The van der Waals surface area contributed by atoms with E-state index < -0.39 is 0 Å². The van der Waals surface area contributed by atoms with Gasteiger partial charge in [-0.1, -0.05) is 75.9 Å². The molecule has 1 heterocycles. The number of carbonyl (C=O) groups excluding carboxylic acids is 1. The van der Waals surface area contributed by atoms with Crippen molar-refractivity contribution < 1.29 is 9.21 Å². The normalized spacial score (nSPS) is 11.2. The van der Waals surface area contributed by atoms with Gasteiger partial charge in [0, 0.05) is 11.3 Å². The first kappa shape index (κ1) is 20.1. The number of hydrogen-bond acceptors (Lipinski definition) is 5. The van der Waals surface area contributed by atoms with Crippen LogP contribution in [-0.4, -0.2) is 21.9 Å². The van der Waals surface area contributed by atoms with Crippen LogP contribution in [0.1, 0.15) is 50.7 Å². The van der Waals surface area contributed by atoms with Gasteiger partial charge in [0.05, 0.1) is 5.75 Å². The fourth-order valence-corrected chi connectivity index (χ4v) is 3.53. The number of hydrogen-bond donors (Lipinski definition) is 1. The van der Waals surface area contributed by atoms with Gasteiger partial charge >= 0.3 is 0 Å². The SMILES string of the molecule is CC(C)c1cccc(C(C)C)c1NC(=O)CSc1nnc(-c2ccccc2)o1. The van der Waals surface area contributed by atoms with Crippen molar-refractivity contribution in [3.8, 4) is 11.5 Å². The summed E-state index contributed by atoms with van der Waals surface area (Å²) in [7, 11) is 0. The number of para-hydroxylation sites is 1. The van der Waals surface area contributed by atoms with E-state index in [1.807, 2.05) is 30.3 Å². The van der Waals surface area contributed by atoms with Crippen LogP contribution in [0.15, 0.2) is 58.2 Å². The minimum absolute atomic E-state index is 0.0838. The third kappa shape index (κ3) is 4.81. The Morgan fingerprint density at radius 2 is 1.61 bits per heavy atom. The summed E-state index contributed by atoms with van der Waals surface area (Å²) in [6.07, 6.45) is 0. The van der Waals surface area contributed by atoms with E-state index in [9.17, 15) is 4.79 Å². The standard InChI is InChI=1S/C22H25N3O2S/c1-14(2)17-11-8-12-18(15(3)4)20(17)23-19(26)13-28-22-25-24-21(27-22)16-9-6-5-7-10-16/h5-12,14-15H,13H2,1-4H3,(H,23,26). The topological polar surface area (TPSA) is 68.0 Å². The second-order valence-corrected chi connectivity index (χ2v) is 8.12. The predicted octanol–water partition coefficient (Wildman–Crippen LogP) is 5.71. The van der Waals surface area contributed by atoms with Crippen molar-refractivity contribution in [3.63, 3.8) is 0 Å². The van der Waals surface area contributed by atoms with Crippen LogP contribution < -0.4 is 5.32 Å². The second-order valence-electron chi connectivity index (χ2n) is 7.20. The average Bonchev–Trinajstić information content (AvgIpc) is 3.16. The number of rotatable bonds is 7. The largest absolute Gasteiger partial charge is 0.411 e. The highest BCUT2D eigenvalue weighted by Crippen LogP contribution is 2.32. The van der Waals surface area contributed by atoms with Crippen LogP contribution in [0.2, 0.25) is 0 Å². The lowest BCUT2D eigenvalue weighted by Crippen LogP contribution is -2.17. The maximum Gasteiger partial charge on any atom is 0.277 e. The summed E-state index contributed by atoms with van der Waals surface area (Å²) >= 11 is 1.24. The Hall–Kier alpha value is -2.60. The fraction of sp³-hybridized carbons (Fsp3) is 0.318. The van der Waals surface area contributed by atoms with E-state index >= 15 is 0 Å². The van der Waals surface area contributed by atoms with Crippen molar-refractivity contribution in [1.82, 2.24) is 10.2 Å². The fourth-order valence-electron chi connectivity index (χ4n) is 2.96. The molecule has 0 aliphatic heterocycles. The molecule has 3 aromatic rings. The number of thioether (sulfide) groups is 1. The summed E-state index contributed by atoms with van der Waals surface area (Å²) < 4.78 is 5.65. The van der Waals surface area contributed by atoms with E-state index in [0.717, 1.165) is 22.4 Å². The number of aromatic nitrogens is 2. The minimum atomic E-state index is -0.0838. The molecule has 3 rings (SSSR count). The van der Waals surface area contributed by atoms with Gasteiger partial charge in [-0.25, -0.2) is 0 Å². The highest BCUT2D eigenvalue weighted by Gasteiger charge is 2.17. The molecule has 0 unspecified atom stereocenters. The molecule has 5 nitrogen and oxygen atoms in total. The highest BCUT2D eigenvalue weighted by atomic mass is 32.2. The van der Waals surface area contributed by atoms with Crippen LogP contribution in [0.25, 0.3) is 11.5 Å². The Bertz CT molecular complexity index is 910. The van der Waals surface area contributed by atoms with Crippen molar-refractivity contribution in [3.05, 3.63) is 59.7 Å². The number of nitrogens with one attached hydrogen (secondary N) is 1. The van der Waals surface area contributed by atoms with Gasteiger partial charge in [-0.3, -0.25) is 4.79 Å². The molecule has 1 amide bonds. The Labute approximate surface area is 170 Å². The summed E-state index contributed by atoms with van der Waals surface area (Å²) in [5.41, 5.74) is 4.08. The van der Waals surface area contributed by atoms with Gasteiger partial charge in [0.15, 0.2) is 0 Å². The monoisotopic (exact) mass is 395 g/mol. The number of nitrogens with zero attached hydrogens (tertiary/aromatic N) is 2. The molecule has 0 saturated heterocycles. The molecule has 0 atom stereocenters. The maximum atomic E-state index is 12.6. The van der Waals surface area contributed by atoms with E-state index in [-0.39, 0.29) is 11.7 Å². The Morgan fingerprint density at radius 1 is 0.964 bits per heavy atom. The Kier molecular flexibility index (Phi) is 6.52. The lowest BCUT2D eigenvalue weighted by atomic mass is 9.92.